The van der Waals surface area contributed by atoms with E-state index >= 15 is 0 Å². The van der Waals surface area contributed by atoms with Crippen molar-refractivity contribution in [3.05, 3.63) is 0 Å². The molecule has 0 nitrogen and oxygen atoms in total. The largest absolute Gasteiger partial charge is 0.0891 e. The van der Waals surface area contributed by atoms with Gasteiger partial charge in [0.1, 0.15) is 0 Å². The molecule has 3 atom stereocenters. The average Bonchev–Trinajstić information content (AvgIpc) is 2.15. The standard InChI is InChI=1S/C12H25IS/c1-7-9(2)11(4)12(5,6)10(3)8-14-13/h9-11H,7-8H2,1-6H3/t9?,10-,11-/m1/s1. The Balaban J connectivity index is 4.42. The molecule has 0 saturated heterocycles. The van der Waals surface area contributed by atoms with Gasteiger partial charge < -0.3 is 0 Å². The van der Waals surface area contributed by atoms with Gasteiger partial charge in [0, 0.05) is 5.75 Å². The van der Waals surface area contributed by atoms with Crippen molar-refractivity contribution in [2.45, 2.75) is 48.0 Å². The van der Waals surface area contributed by atoms with Gasteiger partial charge in [-0.05, 0) is 44.4 Å². The maximum Gasteiger partial charge on any atom is 0.00644 e. The Kier molecular flexibility index (Phi) is 7.13. The van der Waals surface area contributed by atoms with Gasteiger partial charge in [0.05, 0.1) is 0 Å². The molecule has 0 saturated carbocycles. The molecule has 0 fully saturated rings. The van der Waals surface area contributed by atoms with Crippen LogP contribution in [0.4, 0.5) is 0 Å². The summed E-state index contributed by atoms with van der Waals surface area (Å²) in [5, 5.41) is 0. The molecule has 0 heterocycles. The lowest BCUT2D eigenvalue weighted by atomic mass is 9.66. The summed E-state index contributed by atoms with van der Waals surface area (Å²) in [7, 11) is 1.94. The van der Waals surface area contributed by atoms with E-state index in [2.05, 4.69) is 62.7 Å². The van der Waals surface area contributed by atoms with Gasteiger partial charge in [-0.3, -0.25) is 0 Å². The van der Waals surface area contributed by atoms with Crippen molar-refractivity contribution in [1.82, 2.24) is 0 Å². The summed E-state index contributed by atoms with van der Waals surface area (Å²) in [4.78, 5) is 0. The molecule has 0 bridgehead atoms. The third kappa shape index (κ3) is 3.92. The summed E-state index contributed by atoms with van der Waals surface area (Å²) >= 11 is 2.41. The highest BCUT2D eigenvalue weighted by atomic mass is 127. The van der Waals surface area contributed by atoms with Crippen molar-refractivity contribution < 1.29 is 0 Å². The predicted octanol–water partition coefficient (Wildman–Crippen LogP) is 5.41. The van der Waals surface area contributed by atoms with E-state index in [9.17, 15) is 0 Å². The molecule has 14 heavy (non-hydrogen) atoms. The third-order valence-corrected chi connectivity index (χ3v) is 5.96. The summed E-state index contributed by atoms with van der Waals surface area (Å²) in [5.74, 6) is 3.72. The molecule has 1 unspecified atom stereocenters. The van der Waals surface area contributed by atoms with Gasteiger partial charge in [-0.15, -0.1) is 0 Å². The Hall–Kier alpha value is 1.08. The fourth-order valence-electron chi connectivity index (χ4n) is 1.84. The first-order valence-electron chi connectivity index (χ1n) is 5.61. The minimum Gasteiger partial charge on any atom is -0.0891 e. The highest BCUT2D eigenvalue weighted by Gasteiger charge is 2.33. The number of halogens is 1. The van der Waals surface area contributed by atoms with Gasteiger partial charge in [0.15, 0.2) is 0 Å². The van der Waals surface area contributed by atoms with E-state index in [1.807, 2.05) is 8.93 Å². The highest BCUT2D eigenvalue weighted by Crippen LogP contribution is 2.41. The van der Waals surface area contributed by atoms with Crippen molar-refractivity contribution in [3.63, 3.8) is 0 Å². The smallest absolute Gasteiger partial charge is 0.00644 e. The molecule has 0 aliphatic heterocycles. The van der Waals surface area contributed by atoms with Gasteiger partial charge in [-0.1, -0.05) is 56.9 Å². The number of rotatable bonds is 6. The molecule has 0 spiro atoms. The zero-order valence-corrected chi connectivity index (χ0v) is 13.4. The van der Waals surface area contributed by atoms with Crippen molar-refractivity contribution in [2.24, 2.45) is 23.2 Å². The average molecular weight is 328 g/mol. The summed E-state index contributed by atoms with van der Waals surface area (Å²) < 4.78 is 0. The van der Waals surface area contributed by atoms with Crippen LogP contribution < -0.4 is 0 Å². The van der Waals surface area contributed by atoms with Crippen LogP contribution in [0.1, 0.15) is 48.0 Å². The fraction of sp³-hybridized carbons (Fsp3) is 1.00. The fourth-order valence-corrected chi connectivity index (χ4v) is 4.08. The molecule has 0 rings (SSSR count). The van der Waals surface area contributed by atoms with E-state index in [1.165, 1.54) is 12.2 Å². The van der Waals surface area contributed by atoms with Crippen molar-refractivity contribution in [1.29, 1.82) is 0 Å². The molecule has 0 radical (unpaired) electrons. The van der Waals surface area contributed by atoms with Gasteiger partial charge in [0.2, 0.25) is 0 Å². The molecule has 0 aliphatic carbocycles. The van der Waals surface area contributed by atoms with Crippen LogP contribution in [0.5, 0.6) is 0 Å². The lowest BCUT2D eigenvalue weighted by Crippen LogP contribution is -2.34. The zero-order valence-electron chi connectivity index (χ0n) is 10.4. The van der Waals surface area contributed by atoms with Crippen LogP contribution in [0.3, 0.4) is 0 Å². The molecule has 0 aromatic rings. The Morgan fingerprint density at radius 2 is 1.71 bits per heavy atom. The van der Waals surface area contributed by atoms with Crippen molar-refractivity contribution in [3.8, 4) is 0 Å². The number of hydrogen-bond acceptors (Lipinski definition) is 1. The van der Waals surface area contributed by atoms with Crippen LogP contribution >= 0.6 is 30.1 Å². The van der Waals surface area contributed by atoms with Gasteiger partial charge in [-0.25, -0.2) is 0 Å². The third-order valence-electron chi connectivity index (χ3n) is 4.25. The molecule has 0 aromatic carbocycles. The zero-order chi connectivity index (χ0) is 11.4. The molecule has 0 aliphatic rings. The van der Waals surface area contributed by atoms with Crippen LogP contribution in [0.15, 0.2) is 0 Å². The molecule has 86 valence electrons. The summed E-state index contributed by atoms with van der Waals surface area (Å²) in [6, 6.07) is 0. The molecule has 2 heteroatoms. The quantitative estimate of drug-likeness (QED) is 0.587. The Labute approximate surface area is 107 Å². The van der Waals surface area contributed by atoms with Crippen LogP contribution in [0.2, 0.25) is 0 Å². The Bertz CT molecular complexity index is 156. The molecule has 0 amide bonds. The minimum absolute atomic E-state index is 0.466. The first kappa shape index (κ1) is 15.1. The summed E-state index contributed by atoms with van der Waals surface area (Å²) in [6.07, 6.45) is 1.30. The highest BCUT2D eigenvalue weighted by molar-refractivity contribution is 14.2. The summed E-state index contributed by atoms with van der Waals surface area (Å²) in [6.45, 7) is 14.4. The monoisotopic (exact) mass is 328 g/mol. The lowest BCUT2D eigenvalue weighted by molar-refractivity contribution is 0.106. The normalized spacial score (nSPS) is 19.1. The van der Waals surface area contributed by atoms with Crippen LogP contribution in [0, 0.1) is 23.2 Å². The van der Waals surface area contributed by atoms with E-state index in [1.54, 1.807) is 0 Å². The topological polar surface area (TPSA) is 0 Å². The van der Waals surface area contributed by atoms with E-state index in [-0.39, 0.29) is 0 Å². The van der Waals surface area contributed by atoms with Gasteiger partial charge >= 0.3 is 0 Å². The van der Waals surface area contributed by atoms with E-state index < -0.39 is 0 Å². The Morgan fingerprint density at radius 1 is 1.21 bits per heavy atom. The maximum atomic E-state index is 2.43. The second-order valence-electron chi connectivity index (χ2n) is 5.17. The van der Waals surface area contributed by atoms with E-state index in [4.69, 9.17) is 0 Å². The van der Waals surface area contributed by atoms with Crippen LogP contribution in [-0.4, -0.2) is 5.75 Å². The molecular formula is C12H25IS. The lowest BCUT2D eigenvalue weighted by Gasteiger charge is -2.40. The SMILES string of the molecule is CCC(C)[C@@H](C)C(C)(C)[C@H](C)CSI. The molecular weight excluding hydrogens is 303 g/mol. The van der Waals surface area contributed by atoms with Gasteiger partial charge in [0.25, 0.3) is 0 Å². The molecule has 0 N–H and O–H groups in total. The first-order valence-corrected chi connectivity index (χ1v) is 9.14. The number of hydrogen-bond donors (Lipinski definition) is 0. The van der Waals surface area contributed by atoms with E-state index in [0.29, 0.717) is 5.41 Å². The maximum absolute atomic E-state index is 2.43. The van der Waals surface area contributed by atoms with Crippen molar-refractivity contribution in [2.75, 3.05) is 5.75 Å². The van der Waals surface area contributed by atoms with Crippen LogP contribution in [0.25, 0.3) is 0 Å². The van der Waals surface area contributed by atoms with E-state index in [0.717, 1.165) is 17.8 Å². The summed E-state index contributed by atoms with van der Waals surface area (Å²) in [5.41, 5.74) is 0.466. The second kappa shape index (κ2) is 6.62. The van der Waals surface area contributed by atoms with Crippen LogP contribution in [-0.2, 0) is 0 Å². The Morgan fingerprint density at radius 3 is 2.07 bits per heavy atom. The minimum atomic E-state index is 0.466. The van der Waals surface area contributed by atoms with Crippen molar-refractivity contribution >= 4 is 30.1 Å². The predicted molar refractivity (Wildman–Crippen MR) is 78.0 cm³/mol. The first-order chi connectivity index (χ1) is 6.37. The second-order valence-corrected chi connectivity index (χ2v) is 7.59. The van der Waals surface area contributed by atoms with Gasteiger partial charge in [-0.2, -0.15) is 0 Å². The molecule has 0 aromatic heterocycles.